The van der Waals surface area contributed by atoms with Crippen LogP contribution in [0.25, 0.3) is 0 Å². The first-order chi connectivity index (χ1) is 12.5. The number of amides is 1. The Bertz CT molecular complexity index is 593. The van der Waals surface area contributed by atoms with Crippen molar-refractivity contribution < 1.29 is 9.53 Å². The highest BCUT2D eigenvalue weighted by atomic mass is 16.5. The lowest BCUT2D eigenvalue weighted by molar-refractivity contribution is -0.140. The molecule has 1 aromatic carbocycles. The third-order valence-electron chi connectivity index (χ3n) is 5.75. The maximum Gasteiger partial charge on any atom is 0.222 e. The van der Waals surface area contributed by atoms with E-state index < -0.39 is 0 Å². The summed E-state index contributed by atoms with van der Waals surface area (Å²) >= 11 is 0. The molecule has 3 rings (SSSR count). The van der Waals surface area contributed by atoms with Gasteiger partial charge in [0.05, 0.1) is 13.1 Å². The Hall–Kier alpha value is -1.59. The van der Waals surface area contributed by atoms with Gasteiger partial charge in [-0.25, -0.2) is 0 Å². The Morgan fingerprint density at radius 1 is 1.23 bits per heavy atom. The molecule has 0 N–H and O–H groups in total. The lowest BCUT2D eigenvalue weighted by Crippen LogP contribution is -2.56. The zero-order valence-electron chi connectivity index (χ0n) is 16.5. The average molecular weight is 360 g/mol. The van der Waals surface area contributed by atoms with E-state index in [1.165, 1.54) is 5.56 Å². The summed E-state index contributed by atoms with van der Waals surface area (Å²) in [5, 5.41) is 0. The van der Waals surface area contributed by atoms with Crippen molar-refractivity contribution in [2.75, 3.05) is 46.3 Å². The van der Waals surface area contributed by atoms with E-state index in [1.54, 1.807) is 0 Å². The smallest absolute Gasteiger partial charge is 0.222 e. The first-order valence-corrected chi connectivity index (χ1v) is 10.0. The highest BCUT2D eigenvalue weighted by Gasteiger charge is 2.32. The van der Waals surface area contributed by atoms with E-state index in [1.807, 2.05) is 17.0 Å². The molecule has 144 valence electrons. The molecule has 0 aromatic heterocycles. The standard InChI is InChI=1S/C21H33N3O2/c1-4-18-6-5-7-19(14-18)26-20-15-24(16-20)21(25)9-8-17(2)23-12-10-22(3)11-13-23/h5-7,14,17,20H,4,8-13,15-16H2,1-3H3/t17-/m1/s1. The summed E-state index contributed by atoms with van der Waals surface area (Å²) < 4.78 is 6.00. The summed E-state index contributed by atoms with van der Waals surface area (Å²) in [4.78, 5) is 19.2. The summed E-state index contributed by atoms with van der Waals surface area (Å²) in [6, 6.07) is 8.74. The van der Waals surface area contributed by atoms with Crippen LogP contribution in [-0.2, 0) is 11.2 Å². The van der Waals surface area contributed by atoms with E-state index in [2.05, 4.69) is 42.8 Å². The predicted octanol–water partition coefficient (Wildman–Crippen LogP) is 2.25. The van der Waals surface area contributed by atoms with Gasteiger partial charge in [0.2, 0.25) is 5.91 Å². The molecule has 0 bridgehead atoms. The largest absolute Gasteiger partial charge is 0.487 e. The highest BCUT2D eigenvalue weighted by molar-refractivity contribution is 5.77. The molecule has 2 saturated heterocycles. The van der Waals surface area contributed by atoms with E-state index in [-0.39, 0.29) is 12.0 Å². The molecule has 0 aliphatic carbocycles. The van der Waals surface area contributed by atoms with Crippen LogP contribution in [0.2, 0.25) is 0 Å². The van der Waals surface area contributed by atoms with Crippen molar-refractivity contribution in [3.63, 3.8) is 0 Å². The van der Waals surface area contributed by atoms with Crippen LogP contribution in [0, 0.1) is 0 Å². The third-order valence-corrected chi connectivity index (χ3v) is 5.75. The number of aryl methyl sites for hydroxylation is 1. The molecule has 0 spiro atoms. The Kier molecular flexibility index (Phi) is 6.54. The predicted molar refractivity (Wildman–Crippen MR) is 105 cm³/mol. The topological polar surface area (TPSA) is 36.0 Å². The summed E-state index contributed by atoms with van der Waals surface area (Å²) in [5.41, 5.74) is 1.28. The quantitative estimate of drug-likeness (QED) is 0.748. The van der Waals surface area contributed by atoms with Gasteiger partial charge in [-0.05, 0) is 44.5 Å². The van der Waals surface area contributed by atoms with Gasteiger partial charge in [-0.3, -0.25) is 9.69 Å². The summed E-state index contributed by atoms with van der Waals surface area (Å²) in [5.74, 6) is 1.19. The summed E-state index contributed by atoms with van der Waals surface area (Å²) in [6.07, 6.45) is 2.74. The zero-order chi connectivity index (χ0) is 18.5. The number of ether oxygens (including phenoxy) is 1. The number of hydrogen-bond donors (Lipinski definition) is 0. The number of rotatable bonds is 7. The molecule has 1 amide bonds. The molecule has 5 nitrogen and oxygen atoms in total. The lowest BCUT2D eigenvalue weighted by atomic mass is 10.1. The fourth-order valence-corrected chi connectivity index (χ4v) is 3.68. The van der Waals surface area contributed by atoms with Gasteiger partial charge in [-0.2, -0.15) is 0 Å². The van der Waals surface area contributed by atoms with Crippen LogP contribution in [0.1, 0.15) is 32.3 Å². The van der Waals surface area contributed by atoms with Gasteiger partial charge in [0, 0.05) is 38.6 Å². The van der Waals surface area contributed by atoms with Gasteiger partial charge < -0.3 is 14.5 Å². The number of carbonyl (C=O) groups is 1. The molecule has 0 unspecified atom stereocenters. The molecule has 2 aliphatic rings. The van der Waals surface area contributed by atoms with Crippen LogP contribution in [0.4, 0.5) is 0 Å². The molecule has 2 fully saturated rings. The van der Waals surface area contributed by atoms with Crippen LogP contribution in [-0.4, -0.2) is 79.1 Å². The third kappa shape index (κ3) is 4.98. The fraction of sp³-hybridized carbons (Fsp3) is 0.667. The summed E-state index contributed by atoms with van der Waals surface area (Å²) in [6.45, 7) is 10.3. The Balaban J connectivity index is 1.35. The minimum Gasteiger partial charge on any atom is -0.487 e. The monoisotopic (exact) mass is 359 g/mol. The minimum absolute atomic E-state index is 0.140. The SMILES string of the molecule is CCc1cccc(OC2CN(C(=O)CC[C@@H](C)N3CCN(C)CC3)C2)c1. The van der Waals surface area contributed by atoms with Crippen LogP contribution in [0.15, 0.2) is 24.3 Å². The number of carbonyl (C=O) groups excluding carboxylic acids is 1. The van der Waals surface area contributed by atoms with Crippen molar-refractivity contribution in [3.8, 4) is 5.75 Å². The first-order valence-electron chi connectivity index (χ1n) is 10.0. The van der Waals surface area contributed by atoms with Crippen LogP contribution >= 0.6 is 0 Å². The van der Waals surface area contributed by atoms with Crippen LogP contribution in [0.5, 0.6) is 5.75 Å². The number of benzene rings is 1. The van der Waals surface area contributed by atoms with Crippen molar-refractivity contribution in [2.45, 2.75) is 45.3 Å². The normalized spacial score (nSPS) is 20.7. The van der Waals surface area contributed by atoms with Gasteiger partial charge in [-0.1, -0.05) is 19.1 Å². The molecular formula is C21H33N3O2. The number of likely N-dealkylation sites (N-methyl/N-ethyl adjacent to an activating group) is 1. The number of nitrogens with zero attached hydrogens (tertiary/aromatic N) is 3. The van der Waals surface area contributed by atoms with E-state index >= 15 is 0 Å². The molecule has 0 saturated carbocycles. The number of likely N-dealkylation sites (tertiary alicyclic amines) is 1. The Labute approximate surface area is 157 Å². The van der Waals surface area contributed by atoms with Crippen molar-refractivity contribution in [3.05, 3.63) is 29.8 Å². The second kappa shape index (κ2) is 8.87. The van der Waals surface area contributed by atoms with E-state index in [9.17, 15) is 4.79 Å². The van der Waals surface area contributed by atoms with Crippen molar-refractivity contribution in [1.29, 1.82) is 0 Å². The minimum atomic E-state index is 0.140. The molecule has 5 heteroatoms. The van der Waals surface area contributed by atoms with Gasteiger partial charge in [0.25, 0.3) is 0 Å². The Morgan fingerprint density at radius 3 is 2.65 bits per heavy atom. The van der Waals surface area contributed by atoms with E-state index in [0.29, 0.717) is 12.5 Å². The van der Waals surface area contributed by atoms with Crippen molar-refractivity contribution in [2.24, 2.45) is 0 Å². The van der Waals surface area contributed by atoms with Crippen LogP contribution < -0.4 is 4.74 Å². The van der Waals surface area contributed by atoms with Gasteiger partial charge in [-0.15, -0.1) is 0 Å². The average Bonchev–Trinajstić information content (AvgIpc) is 2.63. The Morgan fingerprint density at radius 2 is 1.96 bits per heavy atom. The van der Waals surface area contributed by atoms with Crippen molar-refractivity contribution in [1.82, 2.24) is 14.7 Å². The van der Waals surface area contributed by atoms with E-state index in [0.717, 1.165) is 57.9 Å². The van der Waals surface area contributed by atoms with E-state index in [4.69, 9.17) is 4.74 Å². The second-order valence-corrected chi connectivity index (χ2v) is 7.77. The molecule has 1 aromatic rings. The number of hydrogen-bond acceptors (Lipinski definition) is 4. The van der Waals surface area contributed by atoms with Gasteiger partial charge in [0.15, 0.2) is 0 Å². The fourth-order valence-electron chi connectivity index (χ4n) is 3.68. The van der Waals surface area contributed by atoms with Gasteiger partial charge >= 0.3 is 0 Å². The molecule has 26 heavy (non-hydrogen) atoms. The number of piperazine rings is 1. The highest BCUT2D eigenvalue weighted by Crippen LogP contribution is 2.21. The molecule has 1 atom stereocenters. The van der Waals surface area contributed by atoms with Gasteiger partial charge in [0.1, 0.15) is 11.9 Å². The molecule has 0 radical (unpaired) electrons. The lowest BCUT2D eigenvalue weighted by Gasteiger charge is -2.40. The van der Waals surface area contributed by atoms with Crippen LogP contribution in [0.3, 0.4) is 0 Å². The summed E-state index contributed by atoms with van der Waals surface area (Å²) in [7, 11) is 2.17. The molecular weight excluding hydrogens is 326 g/mol. The maximum absolute atomic E-state index is 12.4. The maximum atomic E-state index is 12.4. The second-order valence-electron chi connectivity index (χ2n) is 7.77. The van der Waals surface area contributed by atoms with Crippen molar-refractivity contribution >= 4 is 5.91 Å². The first kappa shape index (κ1) is 19.2. The molecule has 2 aliphatic heterocycles. The molecule has 2 heterocycles. The zero-order valence-corrected chi connectivity index (χ0v) is 16.5.